The lowest BCUT2D eigenvalue weighted by atomic mass is 9.99. The van der Waals surface area contributed by atoms with Crippen LogP contribution < -0.4 is 5.32 Å². The van der Waals surface area contributed by atoms with Crippen molar-refractivity contribution in [2.75, 3.05) is 11.9 Å². The molecule has 4 rings (SSSR count). The number of hydrogen-bond donors (Lipinski definition) is 1. The van der Waals surface area contributed by atoms with Gasteiger partial charge < -0.3 is 14.6 Å². The van der Waals surface area contributed by atoms with Crippen LogP contribution in [-0.2, 0) is 11.2 Å². The normalized spacial score (nSPS) is 15.8. The highest BCUT2D eigenvalue weighted by molar-refractivity contribution is 9.10. The van der Waals surface area contributed by atoms with Crippen LogP contribution >= 0.6 is 15.9 Å². The Kier molecular flexibility index (Phi) is 6.28. The van der Waals surface area contributed by atoms with Crippen LogP contribution in [0.5, 0.6) is 0 Å². The number of carbonyl (C=O) groups is 2. The zero-order chi connectivity index (χ0) is 22.0. The topological polar surface area (TPSA) is 62.6 Å². The molecule has 1 aromatic heterocycles. The predicted molar refractivity (Wildman–Crippen MR) is 124 cm³/mol. The van der Waals surface area contributed by atoms with E-state index in [1.165, 1.54) is 16.7 Å². The van der Waals surface area contributed by atoms with Crippen LogP contribution in [0.15, 0.2) is 63.7 Å². The lowest BCUT2D eigenvalue weighted by Gasteiger charge is -2.26. The first-order valence-electron chi connectivity index (χ1n) is 10.4. The molecule has 1 N–H and O–H groups in total. The van der Waals surface area contributed by atoms with E-state index in [1.807, 2.05) is 29.2 Å². The van der Waals surface area contributed by atoms with Crippen LogP contribution in [0.25, 0.3) is 0 Å². The third-order valence-electron chi connectivity index (χ3n) is 5.85. The van der Waals surface area contributed by atoms with Gasteiger partial charge in [0, 0.05) is 12.2 Å². The molecule has 1 saturated heterocycles. The van der Waals surface area contributed by atoms with Gasteiger partial charge in [-0.2, -0.15) is 0 Å². The second-order valence-corrected chi connectivity index (χ2v) is 8.80. The predicted octanol–water partition coefficient (Wildman–Crippen LogP) is 5.82. The second-order valence-electron chi connectivity index (χ2n) is 8.02. The molecular formula is C25H25BrN2O3. The van der Waals surface area contributed by atoms with Gasteiger partial charge in [0.05, 0.1) is 12.5 Å². The lowest BCUT2D eigenvalue weighted by molar-refractivity contribution is -0.131. The van der Waals surface area contributed by atoms with Crippen molar-refractivity contribution in [3.63, 3.8) is 0 Å². The van der Waals surface area contributed by atoms with Crippen LogP contribution in [0.1, 0.15) is 51.7 Å². The number of nitrogens with one attached hydrogen (secondary N) is 1. The van der Waals surface area contributed by atoms with Crippen molar-refractivity contribution in [2.45, 2.75) is 39.2 Å². The van der Waals surface area contributed by atoms with Crippen molar-refractivity contribution in [3.8, 4) is 0 Å². The molecule has 1 atom stereocenters. The van der Waals surface area contributed by atoms with E-state index in [1.54, 1.807) is 12.1 Å². The lowest BCUT2D eigenvalue weighted by Crippen LogP contribution is -2.31. The Morgan fingerprint density at radius 1 is 1.06 bits per heavy atom. The van der Waals surface area contributed by atoms with Gasteiger partial charge in [0.25, 0.3) is 5.91 Å². The summed E-state index contributed by atoms with van der Waals surface area (Å²) in [5, 5.41) is 2.80. The smallest absolute Gasteiger partial charge is 0.291 e. The Morgan fingerprint density at radius 3 is 2.52 bits per heavy atom. The average Bonchev–Trinajstić information content (AvgIpc) is 3.41. The monoisotopic (exact) mass is 480 g/mol. The Balaban J connectivity index is 1.39. The van der Waals surface area contributed by atoms with E-state index in [-0.39, 0.29) is 23.6 Å². The summed E-state index contributed by atoms with van der Waals surface area (Å²) in [4.78, 5) is 27.2. The molecule has 0 saturated carbocycles. The molecule has 2 heterocycles. The summed E-state index contributed by atoms with van der Waals surface area (Å²) in [7, 11) is 0. The summed E-state index contributed by atoms with van der Waals surface area (Å²) in [5.41, 5.74) is 5.33. The van der Waals surface area contributed by atoms with Crippen LogP contribution in [-0.4, -0.2) is 23.3 Å². The van der Waals surface area contributed by atoms with E-state index in [9.17, 15) is 9.59 Å². The minimum absolute atomic E-state index is 0.137. The van der Waals surface area contributed by atoms with E-state index < -0.39 is 0 Å². The third kappa shape index (κ3) is 4.90. The Hall–Kier alpha value is -2.86. The van der Waals surface area contributed by atoms with Crippen molar-refractivity contribution in [1.82, 2.24) is 4.90 Å². The molecule has 3 aromatic rings. The molecule has 1 fully saturated rings. The maximum absolute atomic E-state index is 13.0. The minimum Gasteiger partial charge on any atom is -0.444 e. The Bertz CT molecular complexity index is 1100. The van der Waals surface area contributed by atoms with E-state index in [0.29, 0.717) is 16.8 Å². The van der Waals surface area contributed by atoms with Gasteiger partial charge in [0.1, 0.15) is 0 Å². The van der Waals surface area contributed by atoms with Gasteiger partial charge in [0.15, 0.2) is 10.4 Å². The van der Waals surface area contributed by atoms with E-state index >= 15 is 0 Å². The molecule has 0 spiro atoms. The second kappa shape index (κ2) is 9.10. The number of anilines is 1. The van der Waals surface area contributed by atoms with Gasteiger partial charge in [-0.25, -0.2) is 0 Å². The first-order chi connectivity index (χ1) is 14.9. The number of carbonyl (C=O) groups excluding carboxylic acids is 2. The first-order valence-corrected chi connectivity index (χ1v) is 11.2. The highest BCUT2D eigenvalue weighted by atomic mass is 79.9. The van der Waals surface area contributed by atoms with Gasteiger partial charge in [-0.1, -0.05) is 30.3 Å². The first kappa shape index (κ1) is 21.4. The van der Waals surface area contributed by atoms with E-state index in [4.69, 9.17) is 4.42 Å². The van der Waals surface area contributed by atoms with Gasteiger partial charge in [-0.15, -0.1) is 0 Å². The fourth-order valence-electron chi connectivity index (χ4n) is 3.99. The standard InChI is InChI=1S/C25H25BrN2O3/c1-16-5-8-19(14-17(16)2)21-4-3-13-28(21)24(29)15-18-6-9-20(10-7-18)27-25(30)22-11-12-23(26)31-22/h5-12,14,21H,3-4,13,15H2,1-2H3,(H,27,30). The fourth-order valence-corrected chi connectivity index (χ4v) is 4.30. The molecule has 0 bridgehead atoms. The largest absolute Gasteiger partial charge is 0.444 e. The van der Waals surface area contributed by atoms with Crippen molar-refractivity contribution in [3.05, 3.63) is 87.3 Å². The number of nitrogens with zero attached hydrogens (tertiary/aromatic N) is 1. The quantitative estimate of drug-likeness (QED) is 0.500. The molecular weight excluding hydrogens is 456 g/mol. The number of likely N-dealkylation sites (tertiary alicyclic amines) is 1. The number of halogens is 1. The average molecular weight is 481 g/mol. The Labute approximate surface area is 190 Å². The number of aryl methyl sites for hydroxylation is 2. The molecule has 1 aliphatic heterocycles. The van der Waals surface area contributed by atoms with Crippen LogP contribution in [0.2, 0.25) is 0 Å². The molecule has 1 aliphatic rings. The summed E-state index contributed by atoms with van der Waals surface area (Å²) in [5.74, 6) is 0.0540. The van der Waals surface area contributed by atoms with Gasteiger partial charge in [-0.05, 0) is 89.1 Å². The molecule has 5 nitrogen and oxygen atoms in total. The van der Waals surface area contributed by atoms with E-state index in [0.717, 1.165) is 24.9 Å². The zero-order valence-corrected chi connectivity index (χ0v) is 19.2. The van der Waals surface area contributed by atoms with Gasteiger partial charge in [0.2, 0.25) is 5.91 Å². The highest BCUT2D eigenvalue weighted by Crippen LogP contribution is 2.33. The molecule has 31 heavy (non-hydrogen) atoms. The fraction of sp³-hybridized carbons (Fsp3) is 0.280. The minimum atomic E-state index is -0.317. The Morgan fingerprint density at radius 2 is 1.84 bits per heavy atom. The maximum atomic E-state index is 13.0. The summed E-state index contributed by atoms with van der Waals surface area (Å²) >= 11 is 3.19. The van der Waals surface area contributed by atoms with Crippen molar-refractivity contribution < 1.29 is 14.0 Å². The van der Waals surface area contributed by atoms with Crippen LogP contribution in [0.3, 0.4) is 0 Å². The van der Waals surface area contributed by atoms with Gasteiger partial charge >= 0.3 is 0 Å². The van der Waals surface area contributed by atoms with Crippen LogP contribution in [0.4, 0.5) is 5.69 Å². The molecule has 1 unspecified atom stereocenters. The van der Waals surface area contributed by atoms with Crippen molar-refractivity contribution in [1.29, 1.82) is 0 Å². The summed E-state index contributed by atoms with van der Waals surface area (Å²) in [6.45, 7) is 5.02. The maximum Gasteiger partial charge on any atom is 0.291 e. The summed E-state index contributed by atoms with van der Waals surface area (Å²) < 4.78 is 5.77. The number of benzene rings is 2. The molecule has 0 aliphatic carbocycles. The molecule has 160 valence electrons. The number of hydrogen-bond acceptors (Lipinski definition) is 3. The number of amides is 2. The van der Waals surface area contributed by atoms with Crippen LogP contribution in [0, 0.1) is 13.8 Å². The number of rotatable bonds is 5. The highest BCUT2D eigenvalue weighted by Gasteiger charge is 2.29. The summed E-state index contributed by atoms with van der Waals surface area (Å²) in [6.07, 6.45) is 2.37. The SMILES string of the molecule is Cc1ccc(C2CCCN2C(=O)Cc2ccc(NC(=O)c3ccc(Br)o3)cc2)cc1C. The zero-order valence-electron chi connectivity index (χ0n) is 17.7. The van der Waals surface area contributed by atoms with E-state index in [2.05, 4.69) is 53.3 Å². The molecule has 2 amide bonds. The van der Waals surface area contributed by atoms with Crippen molar-refractivity contribution >= 4 is 33.4 Å². The van der Waals surface area contributed by atoms with Crippen molar-refractivity contribution in [2.24, 2.45) is 0 Å². The summed E-state index contributed by atoms with van der Waals surface area (Å²) in [6, 6.07) is 17.3. The molecule has 6 heteroatoms. The molecule has 0 radical (unpaired) electrons. The number of furan rings is 1. The molecule has 2 aromatic carbocycles. The van der Waals surface area contributed by atoms with Gasteiger partial charge in [-0.3, -0.25) is 9.59 Å². The third-order valence-corrected chi connectivity index (χ3v) is 6.28.